The van der Waals surface area contributed by atoms with Crippen LogP contribution in [0.2, 0.25) is 0 Å². The number of hydrogen-bond donors (Lipinski definition) is 3. The number of rotatable bonds is 3. The molecule has 2 aliphatic rings. The highest BCUT2D eigenvalue weighted by molar-refractivity contribution is 6.07. The van der Waals surface area contributed by atoms with E-state index < -0.39 is 17.4 Å². The molecule has 0 bridgehead atoms. The molecule has 112 valence electrons. The van der Waals surface area contributed by atoms with Crippen molar-refractivity contribution in [3.8, 4) is 0 Å². The van der Waals surface area contributed by atoms with Crippen molar-refractivity contribution < 1.29 is 19.5 Å². The largest absolute Gasteiger partial charge is 0.409 e. The van der Waals surface area contributed by atoms with E-state index in [1.54, 1.807) is 0 Å². The third kappa shape index (κ3) is 2.31. The van der Waals surface area contributed by atoms with Crippen molar-refractivity contribution in [2.24, 2.45) is 22.0 Å². The molecule has 8 heteroatoms. The lowest BCUT2D eigenvalue weighted by Crippen LogP contribution is -2.56. The SMILES string of the molecule is NC(=O)C1CCCN1C(=O)C1(C(N)=NO)CCOCC1. The van der Waals surface area contributed by atoms with Gasteiger partial charge in [0.2, 0.25) is 11.8 Å². The van der Waals surface area contributed by atoms with Gasteiger partial charge in [-0.05, 0) is 25.7 Å². The van der Waals surface area contributed by atoms with E-state index >= 15 is 0 Å². The smallest absolute Gasteiger partial charge is 0.240 e. The number of oxime groups is 1. The van der Waals surface area contributed by atoms with Crippen LogP contribution in [-0.4, -0.2) is 53.6 Å². The van der Waals surface area contributed by atoms with Gasteiger partial charge in [0.15, 0.2) is 5.84 Å². The topological polar surface area (TPSA) is 131 Å². The highest BCUT2D eigenvalue weighted by Gasteiger charge is 2.49. The standard InChI is InChI=1S/C12H20N4O4/c13-9(17)8-2-1-5-16(8)11(18)12(10(14)15-19)3-6-20-7-4-12/h8,19H,1-7H2,(H2,13,17)(H2,14,15). The van der Waals surface area contributed by atoms with Crippen LogP contribution in [-0.2, 0) is 14.3 Å². The Hall–Kier alpha value is -1.83. The molecule has 2 saturated heterocycles. The number of nitrogens with two attached hydrogens (primary N) is 2. The van der Waals surface area contributed by atoms with Crippen LogP contribution < -0.4 is 11.5 Å². The molecule has 0 saturated carbocycles. The van der Waals surface area contributed by atoms with E-state index in [1.807, 2.05) is 0 Å². The van der Waals surface area contributed by atoms with Gasteiger partial charge >= 0.3 is 0 Å². The van der Waals surface area contributed by atoms with Crippen molar-refractivity contribution in [2.45, 2.75) is 31.7 Å². The van der Waals surface area contributed by atoms with E-state index in [2.05, 4.69) is 5.16 Å². The third-order valence-electron chi connectivity index (χ3n) is 4.20. The van der Waals surface area contributed by atoms with Crippen LogP contribution in [0.5, 0.6) is 0 Å². The molecule has 0 aliphatic carbocycles. The molecule has 2 amide bonds. The first-order valence-corrected chi connectivity index (χ1v) is 6.69. The fraction of sp³-hybridized carbons (Fsp3) is 0.750. The monoisotopic (exact) mass is 284 g/mol. The highest BCUT2D eigenvalue weighted by atomic mass is 16.5. The van der Waals surface area contributed by atoms with Crippen LogP contribution in [0, 0.1) is 5.41 Å². The van der Waals surface area contributed by atoms with E-state index in [0.29, 0.717) is 39.0 Å². The molecule has 2 aliphatic heterocycles. The first kappa shape index (κ1) is 14.6. The summed E-state index contributed by atoms with van der Waals surface area (Å²) in [6, 6.07) is -0.603. The van der Waals surface area contributed by atoms with Gasteiger partial charge < -0.3 is 26.3 Å². The predicted octanol–water partition coefficient (Wildman–Crippen LogP) is -0.994. The predicted molar refractivity (Wildman–Crippen MR) is 69.8 cm³/mol. The molecule has 0 aromatic carbocycles. The maximum atomic E-state index is 12.8. The first-order chi connectivity index (χ1) is 9.53. The maximum absolute atomic E-state index is 12.8. The Kier molecular flexibility index (Phi) is 4.12. The van der Waals surface area contributed by atoms with Gasteiger partial charge in [-0.25, -0.2) is 0 Å². The fourth-order valence-electron chi connectivity index (χ4n) is 2.98. The van der Waals surface area contributed by atoms with Gasteiger partial charge in [0, 0.05) is 19.8 Å². The molecule has 1 unspecified atom stereocenters. The second-order valence-electron chi connectivity index (χ2n) is 5.24. The summed E-state index contributed by atoms with van der Waals surface area (Å²) in [4.78, 5) is 25.7. The summed E-state index contributed by atoms with van der Waals surface area (Å²) in [5.74, 6) is -0.934. The average Bonchev–Trinajstić information content (AvgIpc) is 2.95. The molecular formula is C12H20N4O4. The summed E-state index contributed by atoms with van der Waals surface area (Å²) in [5, 5.41) is 12.0. The number of primary amides is 1. The number of nitrogens with zero attached hydrogens (tertiary/aromatic N) is 2. The first-order valence-electron chi connectivity index (χ1n) is 6.69. The van der Waals surface area contributed by atoms with E-state index in [4.69, 9.17) is 21.4 Å². The summed E-state index contributed by atoms with van der Waals surface area (Å²) in [5.41, 5.74) is 10.0. The fourth-order valence-corrected chi connectivity index (χ4v) is 2.98. The minimum absolute atomic E-state index is 0.124. The normalized spacial score (nSPS) is 26.5. The van der Waals surface area contributed by atoms with Crippen molar-refractivity contribution in [1.29, 1.82) is 0 Å². The van der Waals surface area contributed by atoms with Crippen molar-refractivity contribution in [1.82, 2.24) is 4.90 Å². The van der Waals surface area contributed by atoms with Crippen LogP contribution in [0.1, 0.15) is 25.7 Å². The minimum atomic E-state index is -1.09. The number of amides is 2. The van der Waals surface area contributed by atoms with Crippen LogP contribution in [0.15, 0.2) is 5.16 Å². The Bertz CT molecular complexity index is 431. The van der Waals surface area contributed by atoms with Crippen molar-refractivity contribution >= 4 is 17.6 Å². The lowest BCUT2D eigenvalue weighted by molar-refractivity contribution is -0.146. The van der Waals surface area contributed by atoms with Crippen LogP contribution >= 0.6 is 0 Å². The van der Waals surface area contributed by atoms with Gasteiger partial charge in [-0.3, -0.25) is 9.59 Å². The maximum Gasteiger partial charge on any atom is 0.240 e. The van der Waals surface area contributed by atoms with Crippen LogP contribution in [0.4, 0.5) is 0 Å². The third-order valence-corrected chi connectivity index (χ3v) is 4.20. The lowest BCUT2D eigenvalue weighted by atomic mass is 9.77. The molecule has 0 radical (unpaired) electrons. The number of hydrogen-bond acceptors (Lipinski definition) is 5. The van der Waals surface area contributed by atoms with Crippen LogP contribution in [0.25, 0.3) is 0 Å². The molecule has 0 aromatic heterocycles. The summed E-state index contributed by atoms with van der Waals surface area (Å²) < 4.78 is 5.25. The van der Waals surface area contributed by atoms with E-state index in [0.717, 1.165) is 6.42 Å². The molecule has 0 aromatic rings. The van der Waals surface area contributed by atoms with Crippen molar-refractivity contribution in [2.75, 3.05) is 19.8 Å². The Morgan fingerprint density at radius 1 is 1.30 bits per heavy atom. The van der Waals surface area contributed by atoms with E-state index in [9.17, 15) is 9.59 Å². The number of ether oxygens (including phenoxy) is 1. The summed E-state index contributed by atoms with van der Waals surface area (Å²) in [7, 11) is 0. The molecule has 5 N–H and O–H groups in total. The van der Waals surface area contributed by atoms with Gasteiger partial charge in [0.05, 0.1) is 0 Å². The summed E-state index contributed by atoms with van der Waals surface area (Å²) in [6.07, 6.45) is 1.96. The Balaban J connectivity index is 2.29. The highest BCUT2D eigenvalue weighted by Crippen LogP contribution is 2.35. The van der Waals surface area contributed by atoms with Crippen LogP contribution in [0.3, 0.4) is 0 Å². The molecule has 2 fully saturated rings. The van der Waals surface area contributed by atoms with Gasteiger partial charge in [0.25, 0.3) is 0 Å². The quantitative estimate of drug-likeness (QED) is 0.265. The van der Waals surface area contributed by atoms with Gasteiger partial charge in [-0.2, -0.15) is 0 Å². The van der Waals surface area contributed by atoms with Crippen molar-refractivity contribution in [3.63, 3.8) is 0 Å². The van der Waals surface area contributed by atoms with Crippen molar-refractivity contribution in [3.05, 3.63) is 0 Å². The molecule has 2 rings (SSSR count). The Morgan fingerprint density at radius 3 is 2.50 bits per heavy atom. The van der Waals surface area contributed by atoms with E-state index in [1.165, 1.54) is 4.90 Å². The molecule has 0 spiro atoms. The minimum Gasteiger partial charge on any atom is -0.409 e. The number of likely N-dealkylation sites (tertiary alicyclic amines) is 1. The summed E-state index contributed by atoms with van der Waals surface area (Å²) >= 11 is 0. The van der Waals surface area contributed by atoms with E-state index in [-0.39, 0.29) is 11.7 Å². The second kappa shape index (κ2) is 5.66. The summed E-state index contributed by atoms with van der Waals surface area (Å²) in [6.45, 7) is 1.18. The van der Waals surface area contributed by atoms with Gasteiger partial charge in [0.1, 0.15) is 11.5 Å². The Labute approximate surface area is 116 Å². The molecule has 2 heterocycles. The molecule has 8 nitrogen and oxygen atoms in total. The molecule has 20 heavy (non-hydrogen) atoms. The average molecular weight is 284 g/mol. The zero-order valence-corrected chi connectivity index (χ0v) is 11.2. The number of carbonyl (C=O) groups is 2. The number of amidine groups is 1. The zero-order chi connectivity index (χ0) is 14.8. The lowest BCUT2D eigenvalue weighted by Gasteiger charge is -2.38. The van der Waals surface area contributed by atoms with Gasteiger partial charge in [-0.1, -0.05) is 5.16 Å². The second-order valence-corrected chi connectivity index (χ2v) is 5.24. The molecular weight excluding hydrogens is 264 g/mol. The zero-order valence-electron chi connectivity index (χ0n) is 11.2. The molecule has 1 atom stereocenters. The Morgan fingerprint density at radius 2 is 1.95 bits per heavy atom. The van der Waals surface area contributed by atoms with Gasteiger partial charge in [-0.15, -0.1) is 0 Å². The number of carbonyl (C=O) groups excluding carboxylic acids is 2.